The second kappa shape index (κ2) is 7.36. The molecule has 0 spiro atoms. The van der Waals surface area contributed by atoms with E-state index in [9.17, 15) is 4.79 Å². The van der Waals surface area contributed by atoms with E-state index in [1.807, 2.05) is 25.1 Å². The van der Waals surface area contributed by atoms with Gasteiger partial charge in [-0.05, 0) is 30.5 Å². The van der Waals surface area contributed by atoms with Gasteiger partial charge in [0.25, 0.3) is 0 Å². The summed E-state index contributed by atoms with van der Waals surface area (Å²) in [5.41, 5.74) is 2.63. The van der Waals surface area contributed by atoms with Crippen LogP contribution in [0.4, 0.5) is 5.82 Å². The fourth-order valence-electron chi connectivity index (χ4n) is 2.89. The van der Waals surface area contributed by atoms with Gasteiger partial charge in [0.15, 0.2) is 5.82 Å². The van der Waals surface area contributed by atoms with Crippen LogP contribution in [0, 0.1) is 6.92 Å². The van der Waals surface area contributed by atoms with Crippen LogP contribution in [0.15, 0.2) is 48.8 Å². The van der Waals surface area contributed by atoms with Gasteiger partial charge in [-0.1, -0.05) is 35.9 Å². The third kappa shape index (κ3) is 3.57. The Labute approximate surface area is 166 Å². The minimum atomic E-state index is -0.138. The number of amides is 1. The molecule has 0 saturated heterocycles. The second-order valence-corrected chi connectivity index (χ2v) is 6.75. The van der Waals surface area contributed by atoms with Crippen molar-refractivity contribution in [2.24, 2.45) is 0 Å². The molecule has 4 rings (SSSR count). The molecule has 0 radical (unpaired) electrons. The van der Waals surface area contributed by atoms with E-state index in [-0.39, 0.29) is 5.91 Å². The molecular weight excluding hydrogens is 376 g/mol. The summed E-state index contributed by atoms with van der Waals surface area (Å²) in [5, 5.41) is 13.8. The third-order valence-corrected chi connectivity index (χ3v) is 4.57. The normalized spacial score (nSPS) is 11.0. The second-order valence-electron chi connectivity index (χ2n) is 6.31. The number of benzene rings is 1. The molecular formula is C20H17ClN6O. The number of pyridine rings is 2. The number of halogens is 1. The SMILES string of the molecule is CCC(=O)Nc1cc(Cl)cc(-n2cc(-c3ccc4c(C)nccc4c3)nn2)n1. The van der Waals surface area contributed by atoms with Crippen LogP contribution in [0.25, 0.3) is 27.8 Å². The highest BCUT2D eigenvalue weighted by Crippen LogP contribution is 2.25. The molecule has 1 aromatic carbocycles. The summed E-state index contributed by atoms with van der Waals surface area (Å²) in [4.78, 5) is 20.3. The van der Waals surface area contributed by atoms with E-state index in [1.54, 1.807) is 31.5 Å². The number of aromatic nitrogens is 5. The molecule has 0 fully saturated rings. The summed E-state index contributed by atoms with van der Waals surface area (Å²) in [6.07, 6.45) is 3.92. The first kappa shape index (κ1) is 18.1. The van der Waals surface area contributed by atoms with E-state index in [4.69, 9.17) is 11.6 Å². The molecule has 140 valence electrons. The maximum absolute atomic E-state index is 11.6. The van der Waals surface area contributed by atoms with Crippen molar-refractivity contribution in [2.75, 3.05) is 5.32 Å². The molecule has 1 N–H and O–H groups in total. The Morgan fingerprint density at radius 2 is 2.07 bits per heavy atom. The van der Waals surface area contributed by atoms with Gasteiger partial charge in [-0.25, -0.2) is 9.67 Å². The summed E-state index contributed by atoms with van der Waals surface area (Å²) in [6, 6.07) is 11.3. The zero-order valence-corrected chi connectivity index (χ0v) is 16.1. The van der Waals surface area contributed by atoms with Gasteiger partial charge < -0.3 is 5.32 Å². The lowest BCUT2D eigenvalue weighted by molar-refractivity contribution is -0.115. The molecule has 0 saturated carbocycles. The predicted octanol–water partition coefficient (Wildman–Crippen LogP) is 4.19. The topological polar surface area (TPSA) is 85.6 Å². The van der Waals surface area contributed by atoms with Crippen molar-refractivity contribution in [3.05, 3.63) is 59.5 Å². The van der Waals surface area contributed by atoms with Gasteiger partial charge in [0.1, 0.15) is 11.5 Å². The minimum Gasteiger partial charge on any atom is -0.311 e. The molecule has 3 aromatic heterocycles. The third-order valence-electron chi connectivity index (χ3n) is 4.35. The van der Waals surface area contributed by atoms with E-state index in [2.05, 4.69) is 31.7 Å². The molecule has 0 unspecified atom stereocenters. The van der Waals surface area contributed by atoms with Gasteiger partial charge >= 0.3 is 0 Å². The lowest BCUT2D eigenvalue weighted by atomic mass is 10.1. The number of rotatable bonds is 4. The first-order chi connectivity index (χ1) is 13.5. The maximum Gasteiger partial charge on any atom is 0.225 e. The Hall–Kier alpha value is -3.32. The van der Waals surface area contributed by atoms with Gasteiger partial charge in [0.05, 0.1) is 6.20 Å². The highest BCUT2D eigenvalue weighted by atomic mass is 35.5. The Morgan fingerprint density at radius 1 is 1.21 bits per heavy atom. The number of anilines is 1. The van der Waals surface area contributed by atoms with E-state index < -0.39 is 0 Å². The van der Waals surface area contributed by atoms with Crippen LogP contribution in [0.2, 0.25) is 5.02 Å². The molecule has 3 heterocycles. The van der Waals surface area contributed by atoms with Crippen LogP contribution in [-0.2, 0) is 4.79 Å². The largest absolute Gasteiger partial charge is 0.311 e. The molecule has 28 heavy (non-hydrogen) atoms. The van der Waals surface area contributed by atoms with E-state index in [1.165, 1.54) is 4.68 Å². The van der Waals surface area contributed by atoms with Crippen molar-refractivity contribution >= 4 is 34.1 Å². The van der Waals surface area contributed by atoms with E-state index >= 15 is 0 Å². The Kier molecular flexibility index (Phi) is 4.75. The fourth-order valence-corrected chi connectivity index (χ4v) is 3.09. The lowest BCUT2D eigenvalue weighted by Crippen LogP contribution is -2.12. The van der Waals surface area contributed by atoms with Crippen molar-refractivity contribution in [3.8, 4) is 17.1 Å². The number of aryl methyl sites for hydroxylation is 1. The summed E-state index contributed by atoms with van der Waals surface area (Å²) in [5.74, 6) is 0.708. The van der Waals surface area contributed by atoms with Crippen LogP contribution in [0.3, 0.4) is 0 Å². The average molecular weight is 393 g/mol. The molecule has 7 nitrogen and oxygen atoms in total. The highest BCUT2D eigenvalue weighted by Gasteiger charge is 2.10. The molecule has 0 aliphatic heterocycles. The summed E-state index contributed by atoms with van der Waals surface area (Å²) in [6.45, 7) is 3.75. The number of hydrogen-bond acceptors (Lipinski definition) is 5. The van der Waals surface area contributed by atoms with Crippen molar-refractivity contribution in [1.82, 2.24) is 25.0 Å². The van der Waals surface area contributed by atoms with Gasteiger partial charge in [0, 0.05) is 40.4 Å². The van der Waals surface area contributed by atoms with Gasteiger partial charge in [0.2, 0.25) is 5.91 Å². The Bertz CT molecular complexity index is 1190. The quantitative estimate of drug-likeness (QED) is 0.562. The number of carbonyl (C=O) groups excluding carboxylic acids is 1. The standard InChI is InChI=1S/C20H17ClN6O/c1-3-20(28)24-18-9-15(21)10-19(23-18)27-11-17(25-26-27)14-4-5-16-12(2)22-7-6-13(16)8-14/h4-11H,3H2,1-2H3,(H,23,24,28). The first-order valence-electron chi connectivity index (χ1n) is 8.79. The Morgan fingerprint density at radius 3 is 2.89 bits per heavy atom. The van der Waals surface area contributed by atoms with Crippen LogP contribution in [0.5, 0.6) is 0 Å². The fraction of sp³-hybridized carbons (Fsp3) is 0.150. The van der Waals surface area contributed by atoms with Crippen LogP contribution < -0.4 is 5.32 Å². The zero-order valence-electron chi connectivity index (χ0n) is 15.3. The summed E-state index contributed by atoms with van der Waals surface area (Å²) in [7, 11) is 0. The summed E-state index contributed by atoms with van der Waals surface area (Å²) < 4.78 is 1.53. The van der Waals surface area contributed by atoms with E-state index in [0.29, 0.717) is 28.8 Å². The molecule has 8 heteroatoms. The zero-order chi connectivity index (χ0) is 19.7. The molecule has 0 atom stereocenters. The number of nitrogens with zero attached hydrogens (tertiary/aromatic N) is 5. The van der Waals surface area contributed by atoms with Gasteiger partial charge in [-0.15, -0.1) is 5.10 Å². The lowest BCUT2D eigenvalue weighted by Gasteiger charge is -2.06. The smallest absolute Gasteiger partial charge is 0.225 e. The van der Waals surface area contributed by atoms with Crippen molar-refractivity contribution in [3.63, 3.8) is 0 Å². The minimum absolute atomic E-state index is 0.138. The van der Waals surface area contributed by atoms with Gasteiger partial charge in [-0.3, -0.25) is 9.78 Å². The number of fused-ring (bicyclic) bond motifs is 1. The average Bonchev–Trinajstić information content (AvgIpc) is 3.18. The van der Waals surface area contributed by atoms with Crippen molar-refractivity contribution < 1.29 is 4.79 Å². The first-order valence-corrected chi connectivity index (χ1v) is 9.17. The highest BCUT2D eigenvalue weighted by molar-refractivity contribution is 6.31. The monoisotopic (exact) mass is 392 g/mol. The van der Waals surface area contributed by atoms with Crippen LogP contribution in [0.1, 0.15) is 19.0 Å². The Balaban J connectivity index is 1.69. The van der Waals surface area contributed by atoms with E-state index in [0.717, 1.165) is 22.0 Å². The van der Waals surface area contributed by atoms with Crippen LogP contribution >= 0.6 is 11.6 Å². The molecule has 1 amide bonds. The predicted molar refractivity (Wildman–Crippen MR) is 109 cm³/mol. The number of carbonyl (C=O) groups is 1. The molecule has 0 aliphatic carbocycles. The summed E-state index contributed by atoms with van der Waals surface area (Å²) >= 11 is 6.17. The molecule has 0 aliphatic rings. The number of hydrogen-bond donors (Lipinski definition) is 1. The van der Waals surface area contributed by atoms with Crippen molar-refractivity contribution in [1.29, 1.82) is 0 Å². The van der Waals surface area contributed by atoms with Crippen molar-refractivity contribution in [2.45, 2.75) is 20.3 Å². The molecule has 0 bridgehead atoms. The molecule has 4 aromatic rings. The maximum atomic E-state index is 11.6. The number of nitrogens with one attached hydrogen (secondary N) is 1. The van der Waals surface area contributed by atoms with Gasteiger partial charge in [-0.2, -0.15) is 0 Å². The van der Waals surface area contributed by atoms with Crippen LogP contribution in [-0.4, -0.2) is 30.9 Å².